The van der Waals surface area contributed by atoms with Crippen molar-refractivity contribution in [3.8, 4) is 22.9 Å². The van der Waals surface area contributed by atoms with E-state index in [-0.39, 0.29) is 0 Å². The average Bonchev–Trinajstić information content (AvgIpc) is 4.01. The van der Waals surface area contributed by atoms with Gasteiger partial charge in [0, 0.05) is 78.5 Å². The first-order chi connectivity index (χ1) is 27.8. The summed E-state index contributed by atoms with van der Waals surface area (Å²) < 4.78 is 9.88. The number of nitrogens with zero attached hydrogens (tertiary/aromatic N) is 4. The van der Waals surface area contributed by atoms with Crippen molar-refractivity contribution in [3.63, 3.8) is 0 Å². The van der Waals surface area contributed by atoms with Crippen molar-refractivity contribution >= 4 is 118 Å². The molecule has 6 heteroatoms. The molecule has 56 heavy (non-hydrogen) atoms. The minimum absolute atomic E-state index is 0.673. The summed E-state index contributed by atoms with van der Waals surface area (Å²) in [5.41, 5.74) is 8.63. The van der Waals surface area contributed by atoms with Crippen LogP contribution in [0, 0.1) is 0 Å². The lowest BCUT2D eigenvalue weighted by atomic mass is 10.0. The van der Waals surface area contributed by atoms with Crippen LogP contribution in [-0.2, 0) is 0 Å². The second-order valence-corrected chi connectivity index (χ2v) is 16.6. The van der Waals surface area contributed by atoms with Gasteiger partial charge in [-0.1, -0.05) is 109 Å². The molecule has 4 nitrogen and oxygen atoms in total. The van der Waals surface area contributed by atoms with E-state index in [9.17, 15) is 0 Å². The van der Waals surface area contributed by atoms with Gasteiger partial charge >= 0.3 is 0 Å². The van der Waals surface area contributed by atoms with E-state index in [0.717, 1.165) is 38.9 Å². The normalized spacial score (nSPS) is 12.3. The Balaban J connectivity index is 1.13. The standard InChI is InChI=1S/C50H28N4S2/c1-2-12-30(13-3-1)53-39-19-9-5-14-31(39)37-28-29(22-25-40(37)53)47-36-17-4-8-18-38(36)51-50(52-47)54-41-26-23-34-32-15-6-10-20-43(32)55-48(34)45(41)46-42(54)27-24-35-33-16-7-11-21-44(33)56-49(35)46/h1-28H. The monoisotopic (exact) mass is 748 g/mol. The smallest absolute Gasteiger partial charge is 0.235 e. The van der Waals surface area contributed by atoms with Crippen LogP contribution >= 0.6 is 22.7 Å². The molecule has 0 bridgehead atoms. The van der Waals surface area contributed by atoms with Crippen LogP contribution in [0.1, 0.15) is 0 Å². The van der Waals surface area contributed by atoms with Crippen LogP contribution in [0.15, 0.2) is 170 Å². The van der Waals surface area contributed by atoms with Crippen molar-refractivity contribution < 1.29 is 0 Å². The summed E-state index contributed by atoms with van der Waals surface area (Å²) in [5, 5.41) is 11.2. The van der Waals surface area contributed by atoms with Gasteiger partial charge in [-0.2, -0.15) is 0 Å². The number of para-hydroxylation sites is 3. The van der Waals surface area contributed by atoms with E-state index in [2.05, 4.69) is 179 Å². The summed E-state index contributed by atoms with van der Waals surface area (Å²) in [6, 6.07) is 61.3. The topological polar surface area (TPSA) is 35.6 Å². The summed E-state index contributed by atoms with van der Waals surface area (Å²) in [7, 11) is 0. The molecular formula is C50H28N4S2. The number of fused-ring (bicyclic) bond motifs is 15. The van der Waals surface area contributed by atoms with Gasteiger partial charge in [0.15, 0.2) is 0 Å². The van der Waals surface area contributed by atoms with E-state index in [1.165, 1.54) is 72.9 Å². The molecule has 0 atom stereocenters. The molecule has 0 amide bonds. The van der Waals surface area contributed by atoms with E-state index in [1.807, 2.05) is 22.7 Å². The molecule has 0 fully saturated rings. The SMILES string of the molecule is c1ccc(-n2c3ccccc3c3cc(-c4nc(-n5c6ccc7c8ccccc8sc7c6c6c7sc8ccccc8c7ccc65)nc5ccccc45)ccc32)cc1. The highest BCUT2D eigenvalue weighted by atomic mass is 32.1. The summed E-state index contributed by atoms with van der Waals surface area (Å²) in [6.45, 7) is 0. The molecule has 5 aromatic heterocycles. The third kappa shape index (κ3) is 4.12. The zero-order valence-electron chi connectivity index (χ0n) is 29.8. The Hall–Kier alpha value is -6.86. The van der Waals surface area contributed by atoms with Gasteiger partial charge in [-0.25, -0.2) is 9.97 Å². The predicted molar refractivity (Wildman–Crippen MR) is 239 cm³/mol. The van der Waals surface area contributed by atoms with Crippen LogP contribution < -0.4 is 0 Å². The van der Waals surface area contributed by atoms with Crippen molar-refractivity contribution in [1.29, 1.82) is 0 Å². The first-order valence-corrected chi connectivity index (χ1v) is 20.5. The highest BCUT2D eigenvalue weighted by molar-refractivity contribution is 7.28. The van der Waals surface area contributed by atoms with Gasteiger partial charge in [-0.05, 0) is 60.7 Å². The number of benzene rings is 8. The number of thiophene rings is 2. The Bertz CT molecular complexity index is 3640. The van der Waals surface area contributed by atoms with Gasteiger partial charge < -0.3 is 4.57 Å². The first-order valence-electron chi connectivity index (χ1n) is 18.8. The van der Waals surface area contributed by atoms with Crippen LogP contribution in [0.5, 0.6) is 0 Å². The fourth-order valence-electron chi connectivity index (χ4n) is 9.12. The lowest BCUT2D eigenvalue weighted by molar-refractivity contribution is 1.01. The van der Waals surface area contributed by atoms with Crippen molar-refractivity contribution in [3.05, 3.63) is 170 Å². The van der Waals surface area contributed by atoms with Crippen LogP contribution in [0.4, 0.5) is 0 Å². The van der Waals surface area contributed by atoms with Gasteiger partial charge in [0.05, 0.1) is 33.3 Å². The summed E-state index contributed by atoms with van der Waals surface area (Å²) in [5.74, 6) is 0.673. The number of aromatic nitrogens is 4. The molecule has 0 unspecified atom stereocenters. The van der Waals surface area contributed by atoms with E-state index >= 15 is 0 Å². The third-order valence-electron chi connectivity index (χ3n) is 11.5. The van der Waals surface area contributed by atoms with Gasteiger partial charge in [0.1, 0.15) is 0 Å². The molecule has 8 aromatic carbocycles. The van der Waals surface area contributed by atoms with Gasteiger partial charge in [0.2, 0.25) is 5.95 Å². The third-order valence-corrected chi connectivity index (χ3v) is 13.9. The molecule has 0 radical (unpaired) electrons. The van der Waals surface area contributed by atoms with E-state index in [1.54, 1.807) is 0 Å². The molecule has 0 aliphatic heterocycles. The van der Waals surface area contributed by atoms with Crippen LogP contribution in [0.25, 0.3) is 118 Å². The first kappa shape index (κ1) is 30.5. The Morgan fingerprint density at radius 3 is 1.62 bits per heavy atom. The lowest BCUT2D eigenvalue weighted by Gasteiger charge is -2.12. The van der Waals surface area contributed by atoms with Gasteiger partial charge in [0.25, 0.3) is 0 Å². The molecule has 13 rings (SSSR count). The predicted octanol–water partition coefficient (Wildman–Crippen LogP) is 14.2. The lowest BCUT2D eigenvalue weighted by Crippen LogP contribution is -2.03. The maximum absolute atomic E-state index is 5.56. The Morgan fingerprint density at radius 2 is 0.929 bits per heavy atom. The fourth-order valence-corrected chi connectivity index (χ4v) is 11.6. The maximum Gasteiger partial charge on any atom is 0.235 e. The molecular weight excluding hydrogens is 721 g/mol. The molecule has 0 aliphatic rings. The highest BCUT2D eigenvalue weighted by Crippen LogP contribution is 2.48. The van der Waals surface area contributed by atoms with Crippen LogP contribution in [0.3, 0.4) is 0 Å². The molecule has 0 spiro atoms. The average molecular weight is 749 g/mol. The highest BCUT2D eigenvalue weighted by Gasteiger charge is 2.23. The molecule has 0 aliphatic carbocycles. The minimum atomic E-state index is 0.673. The van der Waals surface area contributed by atoms with Crippen molar-refractivity contribution in [2.24, 2.45) is 0 Å². The van der Waals surface area contributed by atoms with E-state index < -0.39 is 0 Å². The quantitative estimate of drug-likeness (QED) is 0.180. The fraction of sp³-hybridized carbons (Fsp3) is 0. The summed E-state index contributed by atoms with van der Waals surface area (Å²) in [4.78, 5) is 10.9. The number of hydrogen-bond acceptors (Lipinski definition) is 4. The Morgan fingerprint density at radius 1 is 0.375 bits per heavy atom. The second-order valence-electron chi connectivity index (χ2n) is 14.5. The Labute approximate surface area is 327 Å². The number of hydrogen-bond donors (Lipinski definition) is 0. The minimum Gasteiger partial charge on any atom is -0.309 e. The second kappa shape index (κ2) is 11.3. The molecule has 0 saturated heterocycles. The van der Waals surface area contributed by atoms with Crippen LogP contribution in [0.2, 0.25) is 0 Å². The maximum atomic E-state index is 5.56. The number of rotatable bonds is 3. The van der Waals surface area contributed by atoms with E-state index in [4.69, 9.17) is 9.97 Å². The van der Waals surface area contributed by atoms with Crippen molar-refractivity contribution in [1.82, 2.24) is 19.1 Å². The van der Waals surface area contributed by atoms with E-state index in [0.29, 0.717) is 5.95 Å². The summed E-state index contributed by atoms with van der Waals surface area (Å²) >= 11 is 3.77. The van der Waals surface area contributed by atoms with Gasteiger partial charge in [-0.15, -0.1) is 22.7 Å². The van der Waals surface area contributed by atoms with Gasteiger partial charge in [-0.3, -0.25) is 4.57 Å². The molecule has 0 saturated carbocycles. The zero-order valence-corrected chi connectivity index (χ0v) is 31.4. The summed E-state index contributed by atoms with van der Waals surface area (Å²) in [6.07, 6.45) is 0. The Kier molecular flexibility index (Phi) is 6.17. The largest absolute Gasteiger partial charge is 0.309 e. The molecule has 13 aromatic rings. The molecule has 0 N–H and O–H groups in total. The van der Waals surface area contributed by atoms with Crippen molar-refractivity contribution in [2.75, 3.05) is 0 Å². The molecule has 5 heterocycles. The van der Waals surface area contributed by atoms with Crippen LogP contribution in [-0.4, -0.2) is 19.1 Å². The zero-order chi connectivity index (χ0) is 36.5. The van der Waals surface area contributed by atoms with Crippen molar-refractivity contribution in [2.45, 2.75) is 0 Å². The molecule has 260 valence electrons.